The number of piperidine rings is 1. The van der Waals surface area contributed by atoms with Gasteiger partial charge in [-0.2, -0.15) is 0 Å². The van der Waals surface area contributed by atoms with E-state index in [-0.39, 0.29) is 5.91 Å². The van der Waals surface area contributed by atoms with E-state index >= 15 is 0 Å². The fraction of sp³-hybridized carbons (Fsp3) is 0.471. The topological polar surface area (TPSA) is 77.0 Å². The summed E-state index contributed by atoms with van der Waals surface area (Å²) in [5.41, 5.74) is 0.906. The maximum absolute atomic E-state index is 12.6. The number of aromatic nitrogens is 3. The Balaban J connectivity index is 1.67. The Kier molecular flexibility index (Phi) is 5.08. The van der Waals surface area contributed by atoms with Crippen LogP contribution in [0.1, 0.15) is 33.1 Å². The molecule has 0 saturated carbocycles. The van der Waals surface area contributed by atoms with Gasteiger partial charge < -0.3 is 10.7 Å². The van der Waals surface area contributed by atoms with E-state index in [0.717, 1.165) is 18.4 Å². The molecule has 6 nitrogen and oxygen atoms in total. The summed E-state index contributed by atoms with van der Waals surface area (Å²) >= 11 is 1.34. The van der Waals surface area contributed by atoms with Crippen LogP contribution in [0.25, 0.3) is 11.4 Å². The van der Waals surface area contributed by atoms with Gasteiger partial charge in [-0.25, -0.2) is 4.68 Å². The summed E-state index contributed by atoms with van der Waals surface area (Å²) in [5.74, 6) is 7.18. The van der Waals surface area contributed by atoms with Crippen LogP contribution in [0, 0.1) is 0 Å². The minimum atomic E-state index is 0.143. The Morgan fingerprint density at radius 2 is 1.88 bits per heavy atom. The van der Waals surface area contributed by atoms with E-state index < -0.39 is 0 Å². The minimum Gasteiger partial charge on any atom is -0.337 e. The molecule has 1 saturated heterocycles. The molecule has 1 amide bonds. The predicted molar refractivity (Wildman–Crippen MR) is 96.0 cm³/mol. The first kappa shape index (κ1) is 16.8. The highest BCUT2D eigenvalue weighted by Crippen LogP contribution is 2.25. The number of nitrogens with two attached hydrogens (primary N) is 1. The minimum absolute atomic E-state index is 0.143. The summed E-state index contributed by atoms with van der Waals surface area (Å²) in [6.45, 7) is 4.24. The summed E-state index contributed by atoms with van der Waals surface area (Å²) in [5, 5.41) is 8.83. The summed E-state index contributed by atoms with van der Waals surface area (Å²) in [7, 11) is 0. The number of hydrogen-bond donors (Lipinski definition) is 1. The van der Waals surface area contributed by atoms with Gasteiger partial charge in [0, 0.05) is 17.6 Å². The molecule has 1 aliphatic rings. The van der Waals surface area contributed by atoms with Gasteiger partial charge in [0.15, 0.2) is 5.82 Å². The van der Waals surface area contributed by atoms with Crippen molar-refractivity contribution in [1.82, 2.24) is 19.8 Å². The smallest absolute Gasteiger partial charge is 0.233 e. The van der Waals surface area contributed by atoms with Crippen molar-refractivity contribution >= 4 is 17.7 Å². The van der Waals surface area contributed by atoms with Gasteiger partial charge >= 0.3 is 0 Å². The van der Waals surface area contributed by atoms with Gasteiger partial charge in [0.2, 0.25) is 11.1 Å². The third kappa shape index (κ3) is 3.40. The summed E-state index contributed by atoms with van der Waals surface area (Å²) < 4.78 is 1.45. The van der Waals surface area contributed by atoms with Crippen molar-refractivity contribution in [3.05, 3.63) is 30.3 Å². The summed E-state index contributed by atoms with van der Waals surface area (Å²) in [6.07, 6.45) is 3.34. The van der Waals surface area contributed by atoms with Crippen molar-refractivity contribution in [1.29, 1.82) is 0 Å². The van der Waals surface area contributed by atoms with Crippen LogP contribution in [-0.2, 0) is 4.79 Å². The van der Waals surface area contributed by atoms with Crippen molar-refractivity contribution in [3.8, 4) is 11.4 Å². The van der Waals surface area contributed by atoms with Gasteiger partial charge in [0.05, 0.1) is 5.75 Å². The molecule has 2 atom stereocenters. The number of thioether (sulfide) groups is 1. The molecule has 128 valence electrons. The third-order valence-electron chi connectivity index (χ3n) is 4.50. The van der Waals surface area contributed by atoms with Crippen LogP contribution in [-0.4, -0.2) is 43.5 Å². The van der Waals surface area contributed by atoms with Gasteiger partial charge in [-0.1, -0.05) is 42.1 Å². The van der Waals surface area contributed by atoms with Crippen LogP contribution in [0.5, 0.6) is 0 Å². The SMILES string of the molecule is CC1CCCC(C)N1C(=O)CSc1nnc(-c2ccccc2)n1N. The summed E-state index contributed by atoms with van der Waals surface area (Å²) in [4.78, 5) is 14.6. The molecule has 3 rings (SSSR count). The van der Waals surface area contributed by atoms with Crippen LogP contribution in [0.4, 0.5) is 0 Å². The zero-order chi connectivity index (χ0) is 17.1. The predicted octanol–water partition coefficient (Wildman–Crippen LogP) is 2.54. The zero-order valence-electron chi connectivity index (χ0n) is 14.1. The molecule has 0 aliphatic carbocycles. The van der Waals surface area contributed by atoms with Gasteiger partial charge in [-0.05, 0) is 33.1 Å². The van der Waals surface area contributed by atoms with Crippen LogP contribution >= 0.6 is 11.8 Å². The lowest BCUT2D eigenvalue weighted by atomic mass is 9.98. The van der Waals surface area contributed by atoms with Gasteiger partial charge in [0.25, 0.3) is 0 Å². The van der Waals surface area contributed by atoms with E-state index in [0.29, 0.717) is 28.8 Å². The quantitative estimate of drug-likeness (QED) is 0.681. The molecular weight excluding hydrogens is 322 g/mol. The Hall–Kier alpha value is -2.02. The van der Waals surface area contributed by atoms with Crippen molar-refractivity contribution in [2.75, 3.05) is 11.6 Å². The molecule has 2 N–H and O–H groups in total. The Bertz CT molecular complexity index is 692. The maximum atomic E-state index is 12.6. The molecule has 24 heavy (non-hydrogen) atoms. The normalized spacial score (nSPS) is 21.0. The molecule has 1 fully saturated rings. The van der Waals surface area contributed by atoms with E-state index in [1.54, 1.807) is 0 Å². The first-order chi connectivity index (χ1) is 11.6. The van der Waals surface area contributed by atoms with Crippen molar-refractivity contribution in [2.45, 2.75) is 50.4 Å². The standard InChI is InChI=1S/C17H23N5OS/c1-12-7-6-8-13(2)21(12)15(23)11-24-17-20-19-16(22(17)18)14-9-4-3-5-10-14/h3-5,9-10,12-13H,6-8,11,18H2,1-2H3. The van der Waals surface area contributed by atoms with Crippen LogP contribution in [0.2, 0.25) is 0 Å². The highest BCUT2D eigenvalue weighted by atomic mass is 32.2. The number of nitrogens with zero attached hydrogens (tertiary/aromatic N) is 4. The van der Waals surface area contributed by atoms with Crippen molar-refractivity contribution in [2.24, 2.45) is 0 Å². The van der Waals surface area contributed by atoms with Crippen LogP contribution in [0.3, 0.4) is 0 Å². The monoisotopic (exact) mass is 345 g/mol. The Labute approximate surface area is 146 Å². The molecule has 1 aromatic carbocycles. The first-order valence-corrected chi connectivity index (χ1v) is 9.26. The molecule has 1 aromatic heterocycles. The number of benzene rings is 1. The molecular formula is C17H23N5OS. The number of amides is 1. The van der Waals surface area contributed by atoms with Crippen molar-refractivity contribution < 1.29 is 4.79 Å². The number of rotatable bonds is 4. The lowest BCUT2D eigenvalue weighted by Crippen LogP contribution is -2.48. The maximum Gasteiger partial charge on any atom is 0.233 e. The second-order valence-corrected chi connectivity index (χ2v) is 7.20. The molecule has 0 spiro atoms. The molecule has 0 radical (unpaired) electrons. The third-order valence-corrected chi connectivity index (χ3v) is 5.43. The fourth-order valence-electron chi connectivity index (χ4n) is 3.27. The van der Waals surface area contributed by atoms with E-state index in [9.17, 15) is 4.79 Å². The molecule has 2 aromatic rings. The number of carbonyl (C=O) groups is 1. The number of nitrogen functional groups attached to an aromatic ring is 1. The molecule has 2 heterocycles. The lowest BCUT2D eigenvalue weighted by Gasteiger charge is -2.39. The summed E-state index contributed by atoms with van der Waals surface area (Å²) in [6, 6.07) is 10.3. The van der Waals surface area contributed by atoms with Gasteiger partial charge in [0.1, 0.15) is 0 Å². The van der Waals surface area contributed by atoms with Crippen LogP contribution in [0.15, 0.2) is 35.5 Å². The molecule has 7 heteroatoms. The second kappa shape index (κ2) is 7.25. The highest BCUT2D eigenvalue weighted by molar-refractivity contribution is 7.99. The first-order valence-electron chi connectivity index (χ1n) is 8.27. The van der Waals surface area contributed by atoms with E-state index in [1.165, 1.54) is 22.9 Å². The van der Waals surface area contributed by atoms with Crippen LogP contribution < -0.4 is 5.84 Å². The van der Waals surface area contributed by atoms with Gasteiger partial charge in [-0.3, -0.25) is 4.79 Å². The average Bonchev–Trinajstić information content (AvgIpc) is 2.94. The molecule has 0 bridgehead atoms. The lowest BCUT2D eigenvalue weighted by molar-refractivity contribution is -0.134. The Morgan fingerprint density at radius 3 is 2.54 bits per heavy atom. The van der Waals surface area contributed by atoms with E-state index in [4.69, 9.17) is 5.84 Å². The van der Waals surface area contributed by atoms with Crippen molar-refractivity contribution in [3.63, 3.8) is 0 Å². The van der Waals surface area contributed by atoms with E-state index in [2.05, 4.69) is 24.0 Å². The number of carbonyl (C=O) groups excluding carboxylic acids is 1. The number of likely N-dealkylation sites (tertiary alicyclic amines) is 1. The molecule has 2 unspecified atom stereocenters. The average molecular weight is 345 g/mol. The Morgan fingerprint density at radius 1 is 1.21 bits per heavy atom. The number of hydrogen-bond acceptors (Lipinski definition) is 5. The van der Waals surface area contributed by atoms with Gasteiger partial charge in [-0.15, -0.1) is 10.2 Å². The molecule has 1 aliphatic heterocycles. The zero-order valence-corrected chi connectivity index (χ0v) is 14.9. The van der Waals surface area contributed by atoms with E-state index in [1.807, 2.05) is 35.2 Å². The largest absolute Gasteiger partial charge is 0.337 e. The highest BCUT2D eigenvalue weighted by Gasteiger charge is 2.29. The second-order valence-electron chi connectivity index (χ2n) is 6.26. The fourth-order valence-corrected chi connectivity index (χ4v) is 4.00.